The number of hydrogen-bond donors (Lipinski definition) is 1. The van der Waals surface area contributed by atoms with Gasteiger partial charge in [0, 0.05) is 45.6 Å². The summed E-state index contributed by atoms with van der Waals surface area (Å²) in [5, 5.41) is 2.87. The molecule has 2 saturated heterocycles. The highest BCUT2D eigenvalue weighted by Crippen LogP contribution is 2.39. The van der Waals surface area contributed by atoms with Gasteiger partial charge in [-0.2, -0.15) is 0 Å². The van der Waals surface area contributed by atoms with Crippen LogP contribution in [0.25, 0.3) is 0 Å². The number of para-hydroxylation sites is 1. The lowest BCUT2D eigenvalue weighted by Crippen LogP contribution is -2.57. The van der Waals surface area contributed by atoms with Crippen molar-refractivity contribution >= 4 is 23.4 Å². The van der Waals surface area contributed by atoms with Crippen LogP contribution in [0.15, 0.2) is 30.3 Å². The Morgan fingerprint density at radius 3 is 2.53 bits per heavy atom. The number of nitrogens with zero attached hydrogens (tertiary/aromatic N) is 3. The van der Waals surface area contributed by atoms with E-state index in [1.165, 1.54) is 7.11 Å². The minimum atomic E-state index is -0.750. The van der Waals surface area contributed by atoms with Crippen molar-refractivity contribution in [1.82, 2.24) is 15.1 Å². The largest absolute Gasteiger partial charge is 0.382 e. The van der Waals surface area contributed by atoms with Gasteiger partial charge in [-0.15, -0.1) is 0 Å². The number of amides is 3. The first-order valence-corrected chi connectivity index (χ1v) is 11.2. The number of nitrogens with one attached hydrogen (secondary N) is 1. The summed E-state index contributed by atoms with van der Waals surface area (Å²) in [7, 11) is 1.50. The normalized spacial score (nSPS) is 17.8. The Morgan fingerprint density at radius 2 is 1.88 bits per heavy atom. The molecule has 0 radical (unpaired) electrons. The molecular formula is C23H34N4O5. The Balaban J connectivity index is 1.68. The molecule has 0 bridgehead atoms. The average molecular weight is 447 g/mol. The first-order chi connectivity index (χ1) is 15.5. The van der Waals surface area contributed by atoms with Gasteiger partial charge in [0.25, 0.3) is 5.91 Å². The second-order valence-electron chi connectivity index (χ2n) is 8.15. The number of methoxy groups -OCH3 is 1. The summed E-state index contributed by atoms with van der Waals surface area (Å²) < 4.78 is 10.3. The molecule has 1 aromatic rings. The molecule has 9 nitrogen and oxygen atoms in total. The Labute approximate surface area is 189 Å². The number of ether oxygens (including phenoxy) is 2. The standard InChI is InChI=1S/C23H34N4O5/c1-3-32-15-7-12-24-20(28)16-26-18-27(19-8-5-4-6-9-19)23(22(26)30)10-13-25(14-11-23)21(29)17-31-2/h4-6,8-9H,3,7,10-18H2,1-2H3,(H,24,28). The molecule has 1 spiro atoms. The van der Waals surface area contributed by atoms with Gasteiger partial charge in [-0.25, -0.2) is 0 Å². The van der Waals surface area contributed by atoms with Gasteiger partial charge in [-0.3, -0.25) is 14.4 Å². The molecule has 2 fully saturated rings. The lowest BCUT2D eigenvalue weighted by atomic mass is 9.85. The van der Waals surface area contributed by atoms with E-state index in [9.17, 15) is 14.4 Å². The molecule has 1 aromatic carbocycles. The van der Waals surface area contributed by atoms with Gasteiger partial charge in [0.2, 0.25) is 11.8 Å². The van der Waals surface area contributed by atoms with Gasteiger partial charge in [-0.1, -0.05) is 18.2 Å². The van der Waals surface area contributed by atoms with Crippen LogP contribution in [0.5, 0.6) is 0 Å². The van der Waals surface area contributed by atoms with Crippen LogP contribution >= 0.6 is 0 Å². The number of carbonyl (C=O) groups excluding carboxylic acids is 3. The highest BCUT2D eigenvalue weighted by molar-refractivity contribution is 5.96. The second-order valence-corrected chi connectivity index (χ2v) is 8.15. The lowest BCUT2D eigenvalue weighted by Gasteiger charge is -2.43. The third-order valence-electron chi connectivity index (χ3n) is 6.12. The molecule has 0 aromatic heterocycles. The minimum Gasteiger partial charge on any atom is -0.382 e. The Bertz CT molecular complexity index is 780. The summed E-state index contributed by atoms with van der Waals surface area (Å²) >= 11 is 0. The molecule has 9 heteroatoms. The van der Waals surface area contributed by atoms with Gasteiger partial charge >= 0.3 is 0 Å². The molecule has 2 aliphatic heterocycles. The highest BCUT2D eigenvalue weighted by Gasteiger charge is 2.54. The molecule has 2 aliphatic rings. The molecule has 3 rings (SSSR count). The monoisotopic (exact) mass is 446 g/mol. The van der Waals surface area contributed by atoms with Crippen molar-refractivity contribution in [3.05, 3.63) is 30.3 Å². The Hall–Kier alpha value is -2.65. The SMILES string of the molecule is CCOCCCNC(=O)CN1CN(c2ccccc2)C2(CCN(C(=O)COC)CC2)C1=O. The van der Waals surface area contributed by atoms with Crippen LogP contribution < -0.4 is 10.2 Å². The number of carbonyl (C=O) groups is 3. The maximum atomic E-state index is 13.6. The number of likely N-dealkylation sites (tertiary alicyclic amines) is 1. The molecular weight excluding hydrogens is 412 g/mol. The van der Waals surface area contributed by atoms with Gasteiger partial charge in [-0.05, 0) is 38.3 Å². The first kappa shape index (κ1) is 24.0. The van der Waals surface area contributed by atoms with E-state index < -0.39 is 5.54 Å². The van der Waals surface area contributed by atoms with Crippen molar-refractivity contribution in [3.8, 4) is 0 Å². The Morgan fingerprint density at radius 1 is 1.16 bits per heavy atom. The molecule has 176 valence electrons. The molecule has 0 aliphatic carbocycles. The summed E-state index contributed by atoms with van der Waals surface area (Å²) in [6, 6.07) is 9.79. The number of hydrogen-bond acceptors (Lipinski definition) is 6. The van der Waals surface area contributed by atoms with E-state index in [0.29, 0.717) is 52.4 Å². The number of benzene rings is 1. The fourth-order valence-electron chi connectivity index (χ4n) is 4.44. The van der Waals surface area contributed by atoms with Crippen molar-refractivity contribution in [2.45, 2.75) is 31.7 Å². The number of anilines is 1. The maximum Gasteiger partial charge on any atom is 0.250 e. The van der Waals surface area contributed by atoms with Gasteiger partial charge in [0.05, 0.1) is 6.67 Å². The van der Waals surface area contributed by atoms with Crippen LogP contribution in [0, 0.1) is 0 Å². The fourth-order valence-corrected chi connectivity index (χ4v) is 4.44. The zero-order chi connectivity index (χ0) is 23.0. The van der Waals surface area contributed by atoms with E-state index in [2.05, 4.69) is 10.2 Å². The zero-order valence-corrected chi connectivity index (χ0v) is 19.0. The molecule has 0 unspecified atom stereocenters. The summed E-state index contributed by atoms with van der Waals surface area (Å²) in [5.74, 6) is -0.292. The third-order valence-corrected chi connectivity index (χ3v) is 6.12. The third kappa shape index (κ3) is 5.39. The van der Waals surface area contributed by atoms with Gasteiger partial charge in [0.15, 0.2) is 0 Å². The summed E-state index contributed by atoms with van der Waals surface area (Å²) in [5.41, 5.74) is 0.192. The Kier molecular flexibility index (Phi) is 8.46. The fraction of sp³-hybridized carbons (Fsp3) is 0.609. The maximum absolute atomic E-state index is 13.6. The second kappa shape index (κ2) is 11.3. The van der Waals surface area contributed by atoms with Crippen molar-refractivity contribution < 1.29 is 23.9 Å². The van der Waals surface area contributed by atoms with E-state index in [1.54, 1.807) is 9.80 Å². The number of rotatable bonds is 10. The highest BCUT2D eigenvalue weighted by atomic mass is 16.5. The van der Waals surface area contributed by atoms with Crippen molar-refractivity contribution in [2.75, 3.05) is 64.7 Å². The van der Waals surface area contributed by atoms with E-state index in [4.69, 9.17) is 9.47 Å². The molecule has 2 heterocycles. The molecule has 0 saturated carbocycles. The van der Waals surface area contributed by atoms with Crippen molar-refractivity contribution in [1.29, 1.82) is 0 Å². The average Bonchev–Trinajstić information content (AvgIpc) is 3.06. The zero-order valence-electron chi connectivity index (χ0n) is 19.0. The summed E-state index contributed by atoms with van der Waals surface area (Å²) in [6.45, 7) is 5.08. The van der Waals surface area contributed by atoms with Crippen LogP contribution in [-0.2, 0) is 23.9 Å². The number of piperidine rings is 1. The van der Waals surface area contributed by atoms with Crippen LogP contribution in [0.1, 0.15) is 26.2 Å². The first-order valence-electron chi connectivity index (χ1n) is 11.2. The van der Waals surface area contributed by atoms with Gasteiger partial charge < -0.3 is 29.5 Å². The minimum absolute atomic E-state index is 0.0187. The lowest BCUT2D eigenvalue weighted by molar-refractivity contribution is -0.141. The molecule has 32 heavy (non-hydrogen) atoms. The predicted octanol–water partition coefficient (Wildman–Crippen LogP) is 0.843. The quantitative estimate of drug-likeness (QED) is 0.536. The van der Waals surface area contributed by atoms with Crippen molar-refractivity contribution in [3.63, 3.8) is 0 Å². The van der Waals surface area contributed by atoms with Crippen molar-refractivity contribution in [2.24, 2.45) is 0 Å². The predicted molar refractivity (Wildman–Crippen MR) is 120 cm³/mol. The summed E-state index contributed by atoms with van der Waals surface area (Å²) in [4.78, 5) is 43.8. The van der Waals surface area contributed by atoms with Crippen LogP contribution in [0.2, 0.25) is 0 Å². The van der Waals surface area contributed by atoms with Crippen LogP contribution in [0.4, 0.5) is 5.69 Å². The van der Waals surface area contributed by atoms with E-state index >= 15 is 0 Å². The molecule has 1 N–H and O–H groups in total. The van der Waals surface area contributed by atoms with Crippen LogP contribution in [-0.4, -0.2) is 92.8 Å². The van der Waals surface area contributed by atoms with Crippen LogP contribution in [0.3, 0.4) is 0 Å². The topological polar surface area (TPSA) is 91.4 Å². The summed E-state index contributed by atoms with van der Waals surface area (Å²) in [6.07, 6.45) is 1.77. The smallest absolute Gasteiger partial charge is 0.250 e. The van der Waals surface area contributed by atoms with E-state index in [0.717, 1.165) is 12.1 Å². The van der Waals surface area contributed by atoms with E-state index in [1.807, 2.05) is 37.3 Å². The van der Waals surface area contributed by atoms with E-state index in [-0.39, 0.29) is 30.9 Å². The van der Waals surface area contributed by atoms with Gasteiger partial charge in [0.1, 0.15) is 18.7 Å². The molecule has 0 atom stereocenters. The molecule has 3 amide bonds.